The Balaban J connectivity index is 2.43. The smallest absolute Gasteiger partial charge is 0.407 e. The van der Waals surface area contributed by atoms with Crippen LogP contribution in [0.2, 0.25) is 0 Å². The molecule has 0 aliphatic rings. The number of rotatable bonds is 7. The van der Waals surface area contributed by atoms with Gasteiger partial charge in [0, 0.05) is 13.1 Å². The van der Waals surface area contributed by atoms with E-state index in [1.165, 1.54) is 0 Å². The molecule has 7 heteroatoms. The van der Waals surface area contributed by atoms with Crippen molar-refractivity contribution in [2.75, 3.05) is 27.2 Å². The van der Waals surface area contributed by atoms with Crippen molar-refractivity contribution < 1.29 is 19.1 Å². The highest BCUT2D eigenvalue weighted by atomic mass is 16.6. The number of hydrogen-bond acceptors (Lipinski definition) is 5. The summed E-state index contributed by atoms with van der Waals surface area (Å²) < 4.78 is 10.4. The minimum atomic E-state index is -0.575. The fourth-order valence-electron chi connectivity index (χ4n) is 2.06. The van der Waals surface area contributed by atoms with E-state index in [1.54, 1.807) is 20.8 Å². The standard InChI is InChI=1S/C18H29N3O4/c1-18(2,3)25-17(23)20-15(12-21(4)5)11-19-16(22)24-13-14-9-7-6-8-10-14/h6-10,15H,11-13H2,1-5H3,(H,19,22)(H,20,23)/t15-/m0/s1. The lowest BCUT2D eigenvalue weighted by Crippen LogP contribution is -2.50. The van der Waals surface area contributed by atoms with E-state index in [0.29, 0.717) is 6.54 Å². The van der Waals surface area contributed by atoms with E-state index in [1.807, 2.05) is 49.3 Å². The molecule has 0 unspecified atom stereocenters. The molecule has 2 N–H and O–H groups in total. The van der Waals surface area contributed by atoms with Gasteiger partial charge in [0.05, 0.1) is 6.04 Å². The number of nitrogens with one attached hydrogen (secondary N) is 2. The van der Waals surface area contributed by atoms with Crippen molar-refractivity contribution >= 4 is 12.2 Å². The number of alkyl carbamates (subject to hydrolysis) is 2. The Morgan fingerprint density at radius 2 is 1.76 bits per heavy atom. The van der Waals surface area contributed by atoms with Gasteiger partial charge in [-0.3, -0.25) is 0 Å². The molecule has 0 spiro atoms. The Kier molecular flexibility index (Phi) is 8.21. The number of benzene rings is 1. The first-order valence-electron chi connectivity index (χ1n) is 8.24. The summed E-state index contributed by atoms with van der Waals surface area (Å²) in [5, 5.41) is 5.43. The van der Waals surface area contributed by atoms with Gasteiger partial charge in [-0.05, 0) is 40.4 Å². The largest absolute Gasteiger partial charge is 0.445 e. The number of carbonyl (C=O) groups excluding carboxylic acids is 2. The number of hydrogen-bond donors (Lipinski definition) is 2. The molecule has 140 valence electrons. The van der Waals surface area contributed by atoms with Gasteiger partial charge in [-0.25, -0.2) is 9.59 Å². The van der Waals surface area contributed by atoms with Crippen LogP contribution in [-0.4, -0.2) is 55.9 Å². The Labute approximate surface area is 149 Å². The van der Waals surface area contributed by atoms with Gasteiger partial charge in [-0.1, -0.05) is 30.3 Å². The molecular weight excluding hydrogens is 322 g/mol. The van der Waals surface area contributed by atoms with Gasteiger partial charge in [0.15, 0.2) is 0 Å². The van der Waals surface area contributed by atoms with E-state index >= 15 is 0 Å². The summed E-state index contributed by atoms with van der Waals surface area (Å²) in [5.74, 6) is 0. The normalized spacial score (nSPS) is 12.4. The van der Waals surface area contributed by atoms with Crippen LogP contribution in [0.25, 0.3) is 0 Å². The second-order valence-corrected chi connectivity index (χ2v) is 7.05. The van der Waals surface area contributed by atoms with E-state index in [2.05, 4.69) is 10.6 Å². The van der Waals surface area contributed by atoms with Crippen LogP contribution in [0.4, 0.5) is 9.59 Å². The summed E-state index contributed by atoms with van der Waals surface area (Å²) in [6, 6.07) is 9.13. The summed E-state index contributed by atoms with van der Waals surface area (Å²) in [4.78, 5) is 25.7. The quantitative estimate of drug-likeness (QED) is 0.788. The molecule has 0 aliphatic heterocycles. The van der Waals surface area contributed by atoms with Gasteiger partial charge in [-0.2, -0.15) is 0 Å². The Morgan fingerprint density at radius 3 is 2.32 bits per heavy atom. The lowest BCUT2D eigenvalue weighted by atomic mass is 10.2. The first kappa shape index (κ1) is 20.8. The number of nitrogens with zero attached hydrogens (tertiary/aromatic N) is 1. The first-order valence-corrected chi connectivity index (χ1v) is 8.24. The maximum absolute atomic E-state index is 11.9. The van der Waals surface area contributed by atoms with Crippen molar-refractivity contribution in [2.45, 2.75) is 39.0 Å². The predicted molar refractivity (Wildman–Crippen MR) is 96.3 cm³/mol. The summed E-state index contributed by atoms with van der Waals surface area (Å²) in [6.07, 6.45) is -1.04. The van der Waals surface area contributed by atoms with Crippen LogP contribution in [0.1, 0.15) is 26.3 Å². The Bertz CT molecular complexity index is 541. The Hall–Kier alpha value is -2.28. The highest BCUT2D eigenvalue weighted by Gasteiger charge is 2.20. The number of carbonyl (C=O) groups is 2. The van der Waals surface area contributed by atoms with Crippen molar-refractivity contribution in [2.24, 2.45) is 0 Å². The molecule has 25 heavy (non-hydrogen) atoms. The fourth-order valence-corrected chi connectivity index (χ4v) is 2.06. The van der Waals surface area contributed by atoms with Crippen LogP contribution in [-0.2, 0) is 16.1 Å². The molecule has 1 rings (SSSR count). The van der Waals surface area contributed by atoms with Crippen LogP contribution >= 0.6 is 0 Å². The van der Waals surface area contributed by atoms with Gasteiger partial charge in [0.25, 0.3) is 0 Å². The van der Waals surface area contributed by atoms with Crippen molar-refractivity contribution in [1.82, 2.24) is 15.5 Å². The van der Waals surface area contributed by atoms with Gasteiger partial charge in [0.1, 0.15) is 12.2 Å². The molecule has 0 saturated heterocycles. The zero-order valence-electron chi connectivity index (χ0n) is 15.7. The molecule has 7 nitrogen and oxygen atoms in total. The van der Waals surface area contributed by atoms with E-state index < -0.39 is 17.8 Å². The summed E-state index contributed by atoms with van der Waals surface area (Å²) in [7, 11) is 3.77. The third-order valence-electron chi connectivity index (χ3n) is 3.01. The highest BCUT2D eigenvalue weighted by Crippen LogP contribution is 2.07. The van der Waals surface area contributed by atoms with E-state index in [4.69, 9.17) is 9.47 Å². The first-order chi connectivity index (χ1) is 11.7. The predicted octanol–water partition coefficient (Wildman–Crippen LogP) is 2.37. The van der Waals surface area contributed by atoms with E-state index in [9.17, 15) is 9.59 Å². The molecule has 1 aromatic carbocycles. The lowest BCUT2D eigenvalue weighted by molar-refractivity contribution is 0.0494. The van der Waals surface area contributed by atoms with Crippen LogP contribution < -0.4 is 10.6 Å². The maximum Gasteiger partial charge on any atom is 0.407 e. The average Bonchev–Trinajstić information content (AvgIpc) is 2.49. The summed E-state index contributed by atoms with van der Waals surface area (Å²) in [6.45, 7) is 6.39. The minimum Gasteiger partial charge on any atom is -0.445 e. The molecule has 0 aliphatic carbocycles. The van der Waals surface area contributed by atoms with Gasteiger partial charge in [-0.15, -0.1) is 0 Å². The fraction of sp³-hybridized carbons (Fsp3) is 0.556. The molecule has 0 bridgehead atoms. The summed E-state index contributed by atoms with van der Waals surface area (Å²) in [5.41, 5.74) is 0.337. The second kappa shape index (κ2) is 9.88. The molecule has 0 heterocycles. The van der Waals surface area contributed by atoms with Crippen LogP contribution in [0.3, 0.4) is 0 Å². The number of amides is 2. The summed E-state index contributed by atoms with van der Waals surface area (Å²) >= 11 is 0. The van der Waals surface area contributed by atoms with Gasteiger partial charge in [0.2, 0.25) is 0 Å². The monoisotopic (exact) mass is 351 g/mol. The SMILES string of the molecule is CN(C)C[C@H](CNC(=O)OCc1ccccc1)NC(=O)OC(C)(C)C. The lowest BCUT2D eigenvalue weighted by Gasteiger charge is -2.25. The third-order valence-corrected chi connectivity index (χ3v) is 3.01. The second-order valence-electron chi connectivity index (χ2n) is 7.05. The molecule has 1 atom stereocenters. The molecular formula is C18H29N3O4. The molecule has 0 fully saturated rings. The molecule has 0 saturated carbocycles. The molecule has 0 aromatic heterocycles. The van der Waals surface area contributed by atoms with Crippen molar-refractivity contribution in [3.05, 3.63) is 35.9 Å². The maximum atomic E-state index is 11.9. The van der Waals surface area contributed by atoms with Crippen LogP contribution in [0.15, 0.2) is 30.3 Å². The van der Waals surface area contributed by atoms with Crippen LogP contribution in [0, 0.1) is 0 Å². The highest BCUT2D eigenvalue weighted by molar-refractivity contribution is 5.69. The molecule has 0 radical (unpaired) electrons. The molecule has 2 amide bonds. The van der Waals surface area contributed by atoms with E-state index in [0.717, 1.165) is 5.56 Å². The number of likely N-dealkylation sites (N-methyl/N-ethyl adjacent to an activating group) is 1. The number of ether oxygens (including phenoxy) is 2. The third kappa shape index (κ3) is 10.2. The zero-order chi connectivity index (χ0) is 18.9. The van der Waals surface area contributed by atoms with E-state index in [-0.39, 0.29) is 19.2 Å². The van der Waals surface area contributed by atoms with Crippen LogP contribution in [0.5, 0.6) is 0 Å². The minimum absolute atomic E-state index is 0.199. The van der Waals surface area contributed by atoms with Crippen molar-refractivity contribution in [1.29, 1.82) is 0 Å². The average molecular weight is 351 g/mol. The molecule has 1 aromatic rings. The van der Waals surface area contributed by atoms with Gasteiger partial charge < -0.3 is 25.0 Å². The topological polar surface area (TPSA) is 79.9 Å². The van der Waals surface area contributed by atoms with Crippen molar-refractivity contribution in [3.8, 4) is 0 Å². The van der Waals surface area contributed by atoms with Crippen molar-refractivity contribution in [3.63, 3.8) is 0 Å². The van der Waals surface area contributed by atoms with Gasteiger partial charge >= 0.3 is 12.2 Å². The zero-order valence-corrected chi connectivity index (χ0v) is 15.7. The Morgan fingerprint density at radius 1 is 1.12 bits per heavy atom.